The Hall–Kier alpha value is -2.37. The Morgan fingerprint density at radius 1 is 1.22 bits per heavy atom. The minimum absolute atomic E-state index is 0.0120. The zero-order valence-corrected chi connectivity index (χ0v) is 13.0. The van der Waals surface area contributed by atoms with Gasteiger partial charge >= 0.3 is 0 Å². The van der Waals surface area contributed by atoms with Gasteiger partial charge in [-0.2, -0.15) is 0 Å². The van der Waals surface area contributed by atoms with Gasteiger partial charge in [-0.05, 0) is 29.8 Å². The summed E-state index contributed by atoms with van der Waals surface area (Å²) in [6, 6.07) is 14.5. The standard InChI is InChI=1S/C17H16ClN3O2/c18-12-7-5-11(6-8-12)15(22)9-17(23)19-10-16-20-13-3-1-2-4-14(13)21-16/h1-8,15,22H,9-10H2,(H,19,23)(H,20,21). The maximum Gasteiger partial charge on any atom is 0.223 e. The Balaban J connectivity index is 1.55. The van der Waals surface area contributed by atoms with Gasteiger partial charge in [-0.1, -0.05) is 35.9 Å². The average Bonchev–Trinajstić information content (AvgIpc) is 2.96. The number of aliphatic hydroxyl groups is 1. The van der Waals surface area contributed by atoms with Gasteiger partial charge in [-0.3, -0.25) is 4.79 Å². The number of benzene rings is 2. The minimum Gasteiger partial charge on any atom is -0.388 e. The van der Waals surface area contributed by atoms with Crippen molar-refractivity contribution in [3.63, 3.8) is 0 Å². The van der Waals surface area contributed by atoms with Gasteiger partial charge in [0, 0.05) is 5.02 Å². The van der Waals surface area contributed by atoms with Gasteiger partial charge in [0.2, 0.25) is 5.91 Å². The lowest BCUT2D eigenvalue weighted by molar-refractivity contribution is -0.123. The molecule has 0 radical (unpaired) electrons. The van der Waals surface area contributed by atoms with Gasteiger partial charge in [0.1, 0.15) is 5.82 Å². The highest BCUT2D eigenvalue weighted by atomic mass is 35.5. The molecule has 0 aliphatic carbocycles. The summed E-state index contributed by atoms with van der Waals surface area (Å²) in [7, 11) is 0. The van der Waals surface area contributed by atoms with Crippen LogP contribution < -0.4 is 5.32 Å². The lowest BCUT2D eigenvalue weighted by atomic mass is 10.1. The fourth-order valence-corrected chi connectivity index (χ4v) is 2.45. The molecular formula is C17H16ClN3O2. The van der Waals surface area contributed by atoms with E-state index in [1.54, 1.807) is 24.3 Å². The Kier molecular flexibility index (Phi) is 4.60. The molecule has 0 fully saturated rings. The number of hydrogen-bond donors (Lipinski definition) is 3. The van der Waals surface area contributed by atoms with E-state index >= 15 is 0 Å². The third kappa shape index (κ3) is 3.88. The number of nitrogens with zero attached hydrogens (tertiary/aromatic N) is 1. The summed E-state index contributed by atoms with van der Waals surface area (Å²) >= 11 is 5.80. The molecule has 0 bridgehead atoms. The normalized spacial score (nSPS) is 12.3. The molecule has 2 aromatic carbocycles. The van der Waals surface area contributed by atoms with Crippen LogP contribution >= 0.6 is 11.6 Å². The van der Waals surface area contributed by atoms with E-state index in [1.165, 1.54) is 0 Å². The average molecular weight is 330 g/mol. The van der Waals surface area contributed by atoms with Gasteiger partial charge < -0.3 is 15.4 Å². The Morgan fingerprint density at radius 2 is 1.96 bits per heavy atom. The number of H-pyrrole nitrogens is 1. The van der Waals surface area contributed by atoms with Crippen LogP contribution in [0.4, 0.5) is 0 Å². The van der Waals surface area contributed by atoms with E-state index in [0.29, 0.717) is 23.0 Å². The summed E-state index contributed by atoms with van der Waals surface area (Å²) in [5, 5.41) is 13.4. The molecule has 3 rings (SSSR count). The SMILES string of the molecule is O=C(CC(O)c1ccc(Cl)cc1)NCc1nc2ccccc2[nH]1. The quantitative estimate of drug-likeness (QED) is 0.673. The number of imidazole rings is 1. The third-order valence-corrected chi connectivity index (χ3v) is 3.78. The molecule has 0 aliphatic heterocycles. The highest BCUT2D eigenvalue weighted by Crippen LogP contribution is 2.19. The highest BCUT2D eigenvalue weighted by molar-refractivity contribution is 6.30. The molecular weight excluding hydrogens is 314 g/mol. The number of carbonyl (C=O) groups is 1. The van der Waals surface area contributed by atoms with Crippen LogP contribution in [0.1, 0.15) is 23.9 Å². The van der Waals surface area contributed by atoms with Crippen LogP contribution in [-0.2, 0) is 11.3 Å². The molecule has 0 saturated heterocycles. The minimum atomic E-state index is -0.858. The third-order valence-electron chi connectivity index (χ3n) is 3.52. The predicted molar refractivity (Wildman–Crippen MR) is 89.0 cm³/mol. The number of halogens is 1. The van der Waals surface area contributed by atoms with Crippen molar-refractivity contribution in [1.82, 2.24) is 15.3 Å². The topological polar surface area (TPSA) is 78.0 Å². The van der Waals surface area contributed by atoms with Crippen molar-refractivity contribution in [2.45, 2.75) is 19.1 Å². The molecule has 3 N–H and O–H groups in total. The molecule has 1 unspecified atom stereocenters. The van der Waals surface area contributed by atoms with Crippen molar-refractivity contribution >= 4 is 28.5 Å². The summed E-state index contributed by atoms with van der Waals surface area (Å²) in [5.74, 6) is 0.438. The highest BCUT2D eigenvalue weighted by Gasteiger charge is 2.13. The molecule has 23 heavy (non-hydrogen) atoms. The van der Waals surface area contributed by atoms with Crippen LogP contribution in [0.2, 0.25) is 5.02 Å². The molecule has 3 aromatic rings. The summed E-state index contributed by atoms with van der Waals surface area (Å²) in [5.41, 5.74) is 2.45. The van der Waals surface area contributed by atoms with E-state index in [2.05, 4.69) is 15.3 Å². The van der Waals surface area contributed by atoms with Crippen molar-refractivity contribution in [1.29, 1.82) is 0 Å². The smallest absolute Gasteiger partial charge is 0.223 e. The first-order chi connectivity index (χ1) is 11.1. The molecule has 1 atom stereocenters. The van der Waals surface area contributed by atoms with E-state index in [-0.39, 0.29) is 12.3 Å². The first-order valence-corrected chi connectivity index (χ1v) is 7.63. The van der Waals surface area contributed by atoms with Crippen molar-refractivity contribution < 1.29 is 9.90 Å². The van der Waals surface area contributed by atoms with E-state index in [1.807, 2.05) is 24.3 Å². The number of fused-ring (bicyclic) bond motifs is 1. The maximum atomic E-state index is 11.9. The molecule has 0 spiro atoms. The second-order valence-corrected chi connectivity index (χ2v) is 5.69. The number of amides is 1. The largest absolute Gasteiger partial charge is 0.388 e. The summed E-state index contributed by atoms with van der Waals surface area (Å²) in [6.07, 6.45) is -0.870. The number of aliphatic hydroxyl groups excluding tert-OH is 1. The van der Waals surface area contributed by atoms with E-state index in [4.69, 9.17) is 11.6 Å². The van der Waals surface area contributed by atoms with Crippen molar-refractivity contribution in [2.75, 3.05) is 0 Å². The van der Waals surface area contributed by atoms with Crippen LogP contribution in [0.5, 0.6) is 0 Å². The predicted octanol–water partition coefficient (Wildman–Crippen LogP) is 2.96. The van der Waals surface area contributed by atoms with Crippen molar-refractivity contribution in [3.05, 3.63) is 64.9 Å². The van der Waals surface area contributed by atoms with E-state index in [9.17, 15) is 9.90 Å². The molecule has 6 heteroatoms. The summed E-state index contributed by atoms with van der Waals surface area (Å²) in [4.78, 5) is 19.5. The number of para-hydroxylation sites is 2. The van der Waals surface area contributed by atoms with E-state index < -0.39 is 6.10 Å². The Morgan fingerprint density at radius 3 is 2.70 bits per heavy atom. The molecule has 1 amide bonds. The molecule has 5 nitrogen and oxygen atoms in total. The molecule has 118 valence electrons. The first kappa shape index (κ1) is 15.5. The maximum absolute atomic E-state index is 11.9. The zero-order valence-electron chi connectivity index (χ0n) is 12.3. The molecule has 0 aliphatic rings. The Bertz CT molecular complexity index is 781. The lowest BCUT2D eigenvalue weighted by Crippen LogP contribution is -2.25. The second kappa shape index (κ2) is 6.81. The van der Waals surface area contributed by atoms with Gasteiger partial charge in [0.25, 0.3) is 0 Å². The van der Waals surface area contributed by atoms with Crippen LogP contribution in [0.25, 0.3) is 11.0 Å². The fraction of sp³-hybridized carbons (Fsp3) is 0.176. The summed E-state index contributed by atoms with van der Waals surface area (Å²) in [6.45, 7) is 0.293. The lowest BCUT2D eigenvalue weighted by Gasteiger charge is -2.10. The second-order valence-electron chi connectivity index (χ2n) is 5.25. The fourth-order valence-electron chi connectivity index (χ4n) is 2.32. The van der Waals surface area contributed by atoms with Crippen LogP contribution in [0.3, 0.4) is 0 Å². The van der Waals surface area contributed by atoms with Crippen LogP contribution in [-0.4, -0.2) is 21.0 Å². The monoisotopic (exact) mass is 329 g/mol. The van der Waals surface area contributed by atoms with Gasteiger partial charge in [-0.25, -0.2) is 4.98 Å². The van der Waals surface area contributed by atoms with Gasteiger partial charge in [0.05, 0.1) is 30.1 Å². The number of nitrogens with one attached hydrogen (secondary N) is 2. The number of carbonyl (C=O) groups excluding carboxylic acids is 1. The van der Waals surface area contributed by atoms with Gasteiger partial charge in [-0.15, -0.1) is 0 Å². The molecule has 1 aromatic heterocycles. The van der Waals surface area contributed by atoms with E-state index in [0.717, 1.165) is 11.0 Å². The zero-order chi connectivity index (χ0) is 16.2. The van der Waals surface area contributed by atoms with Crippen LogP contribution in [0.15, 0.2) is 48.5 Å². The summed E-state index contributed by atoms with van der Waals surface area (Å²) < 4.78 is 0. The first-order valence-electron chi connectivity index (χ1n) is 7.25. The molecule has 1 heterocycles. The van der Waals surface area contributed by atoms with Crippen molar-refractivity contribution in [2.24, 2.45) is 0 Å². The number of aromatic amines is 1. The van der Waals surface area contributed by atoms with Crippen molar-refractivity contribution in [3.8, 4) is 0 Å². The van der Waals surface area contributed by atoms with Gasteiger partial charge in [0.15, 0.2) is 0 Å². The number of hydrogen-bond acceptors (Lipinski definition) is 3. The number of rotatable bonds is 5. The number of aromatic nitrogens is 2. The Labute approximate surface area is 138 Å². The molecule has 0 saturated carbocycles. The van der Waals surface area contributed by atoms with Crippen LogP contribution in [0, 0.1) is 0 Å².